The number of nitrogens with two attached hydrogens (primary N) is 2. The molecule has 0 aliphatic heterocycles. The third-order valence-electron chi connectivity index (χ3n) is 9.47. The highest BCUT2D eigenvalue weighted by atomic mass is 16.5. The molecule has 4 bridgehead atoms. The number of benzene rings is 4. The van der Waals surface area contributed by atoms with Gasteiger partial charge in [0.2, 0.25) is 0 Å². The van der Waals surface area contributed by atoms with E-state index in [-0.39, 0.29) is 22.3 Å². The van der Waals surface area contributed by atoms with Crippen molar-refractivity contribution in [2.45, 2.75) is 49.4 Å². The van der Waals surface area contributed by atoms with Crippen LogP contribution in [-0.4, -0.2) is 10.2 Å². The van der Waals surface area contributed by atoms with E-state index in [1.54, 1.807) is 36.4 Å². The number of hydrogen-bond acceptors (Lipinski definition) is 6. The molecule has 4 fully saturated rings. The summed E-state index contributed by atoms with van der Waals surface area (Å²) in [6, 6.07) is 27.1. The van der Waals surface area contributed by atoms with Gasteiger partial charge in [0, 0.05) is 12.1 Å². The molecule has 4 saturated carbocycles. The standard InChI is InChI=1S/C34H34N2O4/c35-29-11-9-27(14-31(29)37)39-25-5-1-23(2-6-25)33-16-21-13-22(17-33)19-34(18-21,20-33)24-3-7-26(8-4-24)40-28-10-12-30(36)32(38)15-28/h1-12,14-15,21-22,37-38H,13,16-20,35-36H2. The van der Waals surface area contributed by atoms with Crippen molar-refractivity contribution < 1.29 is 19.7 Å². The molecule has 0 radical (unpaired) electrons. The van der Waals surface area contributed by atoms with Gasteiger partial charge >= 0.3 is 0 Å². The predicted molar refractivity (Wildman–Crippen MR) is 156 cm³/mol. The zero-order valence-electron chi connectivity index (χ0n) is 22.3. The molecule has 8 rings (SSSR count). The molecular formula is C34H34N2O4. The van der Waals surface area contributed by atoms with Crippen molar-refractivity contribution in [3.8, 4) is 34.5 Å². The van der Waals surface area contributed by atoms with Gasteiger partial charge in [-0.25, -0.2) is 0 Å². The monoisotopic (exact) mass is 534 g/mol. The van der Waals surface area contributed by atoms with E-state index < -0.39 is 0 Å². The number of phenols is 2. The fraction of sp³-hybridized carbons (Fsp3) is 0.294. The van der Waals surface area contributed by atoms with Crippen molar-refractivity contribution in [3.05, 3.63) is 96.1 Å². The summed E-state index contributed by atoms with van der Waals surface area (Å²) in [4.78, 5) is 0. The molecule has 0 saturated heterocycles. The fourth-order valence-corrected chi connectivity index (χ4v) is 8.14. The lowest BCUT2D eigenvalue weighted by Crippen LogP contribution is -2.55. The van der Waals surface area contributed by atoms with Crippen molar-refractivity contribution >= 4 is 11.4 Å². The largest absolute Gasteiger partial charge is 0.506 e. The number of aromatic hydroxyl groups is 2. The van der Waals surface area contributed by atoms with E-state index in [0.717, 1.165) is 29.8 Å². The highest BCUT2D eigenvalue weighted by Gasteiger charge is 2.58. The second kappa shape index (κ2) is 9.12. The minimum atomic E-state index is 0.0251. The number of rotatable bonds is 6. The molecule has 0 unspecified atom stereocenters. The molecular weight excluding hydrogens is 500 g/mol. The molecule has 0 amide bonds. The average molecular weight is 535 g/mol. The summed E-state index contributed by atoms with van der Waals surface area (Å²) in [6.45, 7) is 0. The number of phenolic OH excluding ortho intramolecular Hbond substituents is 2. The third kappa shape index (κ3) is 4.28. The highest BCUT2D eigenvalue weighted by Crippen LogP contribution is 2.66. The molecule has 40 heavy (non-hydrogen) atoms. The van der Waals surface area contributed by atoms with Crippen molar-refractivity contribution in [1.29, 1.82) is 0 Å². The SMILES string of the molecule is Nc1ccc(Oc2ccc(C34CC5CC(C3)CC(c3ccc(Oc6ccc(N)c(O)c6)cc3)(C5)C4)cc2)cc1O. The third-order valence-corrected chi connectivity index (χ3v) is 9.47. The van der Waals surface area contributed by atoms with E-state index in [4.69, 9.17) is 20.9 Å². The van der Waals surface area contributed by atoms with Crippen molar-refractivity contribution in [1.82, 2.24) is 0 Å². The van der Waals surface area contributed by atoms with Gasteiger partial charge in [-0.3, -0.25) is 0 Å². The van der Waals surface area contributed by atoms with Crippen LogP contribution in [0.1, 0.15) is 49.7 Å². The molecule has 6 nitrogen and oxygen atoms in total. The van der Waals surface area contributed by atoms with Crippen molar-refractivity contribution in [2.75, 3.05) is 11.5 Å². The van der Waals surface area contributed by atoms with Crippen LogP contribution in [0.25, 0.3) is 0 Å². The number of ether oxygens (including phenoxy) is 2. The normalized spacial score (nSPS) is 26.5. The quantitative estimate of drug-likeness (QED) is 0.149. The fourth-order valence-electron chi connectivity index (χ4n) is 8.14. The summed E-state index contributed by atoms with van der Waals surface area (Å²) < 4.78 is 12.0. The molecule has 0 spiro atoms. The van der Waals surface area contributed by atoms with E-state index in [1.165, 1.54) is 43.2 Å². The Labute approximate surface area is 234 Å². The topological polar surface area (TPSA) is 111 Å². The van der Waals surface area contributed by atoms with Crippen LogP contribution in [0, 0.1) is 11.8 Å². The Bertz CT molecular complexity index is 1440. The highest BCUT2D eigenvalue weighted by molar-refractivity contribution is 5.56. The molecule has 4 aliphatic rings. The molecule has 0 aromatic heterocycles. The van der Waals surface area contributed by atoms with Gasteiger partial charge < -0.3 is 31.2 Å². The van der Waals surface area contributed by atoms with Crippen molar-refractivity contribution in [2.24, 2.45) is 11.8 Å². The molecule has 4 aliphatic carbocycles. The predicted octanol–water partition coefficient (Wildman–Crippen LogP) is 7.64. The first kappa shape index (κ1) is 24.7. The zero-order chi connectivity index (χ0) is 27.5. The summed E-state index contributed by atoms with van der Waals surface area (Å²) in [5.74, 6) is 4.15. The van der Waals surface area contributed by atoms with Crippen LogP contribution in [0.4, 0.5) is 11.4 Å². The van der Waals surface area contributed by atoms with E-state index in [9.17, 15) is 10.2 Å². The summed E-state index contributed by atoms with van der Waals surface area (Å²) >= 11 is 0. The zero-order valence-corrected chi connectivity index (χ0v) is 22.3. The smallest absolute Gasteiger partial charge is 0.142 e. The van der Waals surface area contributed by atoms with Crippen LogP contribution in [0.3, 0.4) is 0 Å². The second-order valence-electron chi connectivity index (χ2n) is 12.2. The van der Waals surface area contributed by atoms with Gasteiger partial charge in [-0.15, -0.1) is 0 Å². The molecule has 4 aromatic rings. The summed E-state index contributed by atoms with van der Waals surface area (Å²) in [5, 5.41) is 19.8. The molecule has 0 heterocycles. The van der Waals surface area contributed by atoms with Gasteiger partial charge in [0.15, 0.2) is 0 Å². The Balaban J connectivity index is 1.12. The van der Waals surface area contributed by atoms with Crippen LogP contribution in [0.15, 0.2) is 84.9 Å². The van der Waals surface area contributed by atoms with Crippen LogP contribution < -0.4 is 20.9 Å². The minimum Gasteiger partial charge on any atom is -0.506 e. The summed E-state index contributed by atoms with van der Waals surface area (Å²) in [5.41, 5.74) is 15.3. The first-order chi connectivity index (χ1) is 19.3. The first-order valence-electron chi connectivity index (χ1n) is 14.0. The number of anilines is 2. The van der Waals surface area contributed by atoms with Gasteiger partial charge in [-0.1, -0.05) is 24.3 Å². The molecule has 6 N–H and O–H groups in total. The van der Waals surface area contributed by atoms with Gasteiger partial charge in [0.05, 0.1) is 11.4 Å². The molecule has 4 aromatic carbocycles. The van der Waals surface area contributed by atoms with Crippen molar-refractivity contribution in [3.63, 3.8) is 0 Å². The lowest BCUT2D eigenvalue weighted by atomic mass is 9.42. The van der Waals surface area contributed by atoms with Gasteiger partial charge in [-0.05, 0) is 121 Å². The summed E-state index contributed by atoms with van der Waals surface area (Å²) in [7, 11) is 0. The Hall–Kier alpha value is -4.32. The van der Waals surface area contributed by atoms with E-state index in [1.807, 2.05) is 0 Å². The Morgan fingerprint density at radius 3 is 1.30 bits per heavy atom. The van der Waals surface area contributed by atoms with E-state index in [0.29, 0.717) is 22.9 Å². The molecule has 204 valence electrons. The van der Waals surface area contributed by atoms with Gasteiger partial charge in [-0.2, -0.15) is 0 Å². The van der Waals surface area contributed by atoms with Gasteiger partial charge in [0.1, 0.15) is 34.5 Å². The Morgan fingerprint density at radius 2 is 0.925 bits per heavy atom. The number of hydrogen-bond donors (Lipinski definition) is 4. The number of nitrogen functional groups attached to an aromatic ring is 2. The molecule has 0 atom stereocenters. The van der Waals surface area contributed by atoms with Gasteiger partial charge in [0.25, 0.3) is 0 Å². The lowest BCUT2D eigenvalue weighted by Gasteiger charge is -2.62. The minimum absolute atomic E-state index is 0.0251. The molecule has 6 heteroatoms. The maximum Gasteiger partial charge on any atom is 0.142 e. The Kier molecular flexibility index (Phi) is 5.63. The first-order valence-corrected chi connectivity index (χ1v) is 14.0. The maximum absolute atomic E-state index is 9.91. The van der Waals surface area contributed by atoms with E-state index >= 15 is 0 Å². The average Bonchev–Trinajstić information content (AvgIpc) is 2.93. The second-order valence-corrected chi connectivity index (χ2v) is 12.2. The van der Waals surface area contributed by atoms with E-state index in [2.05, 4.69) is 48.5 Å². The van der Waals surface area contributed by atoms with Crippen LogP contribution >= 0.6 is 0 Å². The summed E-state index contributed by atoms with van der Waals surface area (Å²) in [6.07, 6.45) is 7.49. The van der Waals surface area contributed by atoms with Crippen LogP contribution in [0.5, 0.6) is 34.5 Å². The lowest BCUT2D eigenvalue weighted by molar-refractivity contribution is -0.0281. The van der Waals surface area contributed by atoms with Crippen LogP contribution in [0.2, 0.25) is 0 Å². The Morgan fingerprint density at radius 1 is 0.550 bits per heavy atom. The van der Waals surface area contributed by atoms with Crippen LogP contribution in [-0.2, 0) is 10.8 Å². The maximum atomic E-state index is 9.91.